The number of benzene rings is 1. The van der Waals surface area contributed by atoms with E-state index in [1.165, 1.54) is 4.90 Å². The van der Waals surface area contributed by atoms with Crippen molar-refractivity contribution < 1.29 is 19.5 Å². The lowest BCUT2D eigenvalue weighted by molar-refractivity contribution is -0.138. The molecule has 2 N–H and O–H groups in total. The number of amides is 2. The van der Waals surface area contributed by atoms with E-state index < -0.39 is 12.0 Å². The second-order valence-corrected chi connectivity index (χ2v) is 5.82. The molecule has 0 aliphatic carbocycles. The number of hydrogen-bond donors (Lipinski definition) is 2. The van der Waals surface area contributed by atoms with Crippen molar-refractivity contribution in [1.82, 2.24) is 10.2 Å². The minimum absolute atomic E-state index is 0.0142. The Morgan fingerprint density at radius 2 is 1.78 bits per heavy atom. The molecule has 1 rings (SSSR count). The minimum atomic E-state index is -0.886. The van der Waals surface area contributed by atoms with Crippen LogP contribution >= 0.6 is 0 Å². The fourth-order valence-corrected chi connectivity index (χ4v) is 2.14. The van der Waals surface area contributed by atoms with Gasteiger partial charge in [-0.2, -0.15) is 0 Å². The highest BCUT2D eigenvalue weighted by molar-refractivity contribution is 5.97. The van der Waals surface area contributed by atoms with Gasteiger partial charge in [-0.25, -0.2) is 0 Å². The first-order chi connectivity index (χ1) is 10.8. The maximum atomic E-state index is 12.5. The van der Waals surface area contributed by atoms with Crippen molar-refractivity contribution in [3.63, 3.8) is 0 Å². The topological polar surface area (TPSA) is 86.7 Å². The van der Waals surface area contributed by atoms with Crippen molar-refractivity contribution in [3.8, 4) is 0 Å². The van der Waals surface area contributed by atoms with Crippen LogP contribution in [0.2, 0.25) is 0 Å². The standard InChI is InChI=1S/C17H24N2O4/c1-12(2)15(17(23)19(3)11-7-10-14(20)21)18-16(22)13-8-5-4-6-9-13/h4-6,8-9,12,15H,7,10-11H2,1-3H3,(H,18,22)(H,20,21)/t15-/m0/s1. The van der Waals surface area contributed by atoms with Gasteiger partial charge in [-0.3, -0.25) is 14.4 Å². The summed E-state index contributed by atoms with van der Waals surface area (Å²) in [6, 6.07) is 8.08. The highest BCUT2D eigenvalue weighted by Gasteiger charge is 2.27. The van der Waals surface area contributed by atoms with Gasteiger partial charge in [-0.15, -0.1) is 0 Å². The number of likely N-dealkylation sites (N-methyl/N-ethyl adjacent to an activating group) is 1. The zero-order valence-corrected chi connectivity index (χ0v) is 13.8. The average Bonchev–Trinajstić information content (AvgIpc) is 2.51. The minimum Gasteiger partial charge on any atom is -0.481 e. The van der Waals surface area contributed by atoms with Crippen molar-refractivity contribution in [2.45, 2.75) is 32.7 Å². The second kappa shape index (κ2) is 8.92. The predicted octanol–water partition coefficient (Wildman–Crippen LogP) is 1.76. The van der Waals surface area contributed by atoms with Gasteiger partial charge in [0.25, 0.3) is 5.91 Å². The third-order valence-electron chi connectivity index (χ3n) is 3.52. The highest BCUT2D eigenvalue weighted by Crippen LogP contribution is 2.08. The fourth-order valence-electron chi connectivity index (χ4n) is 2.14. The summed E-state index contributed by atoms with van der Waals surface area (Å²) in [5.74, 6) is -1.47. The van der Waals surface area contributed by atoms with Gasteiger partial charge in [0.1, 0.15) is 6.04 Å². The third kappa shape index (κ3) is 6.10. The quantitative estimate of drug-likeness (QED) is 0.764. The lowest BCUT2D eigenvalue weighted by atomic mass is 10.0. The Labute approximate surface area is 136 Å². The Bertz CT molecular complexity index is 543. The molecule has 126 valence electrons. The zero-order chi connectivity index (χ0) is 17.4. The number of carbonyl (C=O) groups is 3. The summed E-state index contributed by atoms with van der Waals surface area (Å²) in [4.78, 5) is 36.7. The number of carboxylic acid groups (broad SMARTS) is 1. The van der Waals surface area contributed by atoms with E-state index in [1.807, 2.05) is 19.9 Å². The molecule has 0 saturated heterocycles. The van der Waals surface area contributed by atoms with Crippen molar-refractivity contribution >= 4 is 17.8 Å². The molecule has 0 fully saturated rings. The van der Waals surface area contributed by atoms with Gasteiger partial charge in [0.2, 0.25) is 5.91 Å². The largest absolute Gasteiger partial charge is 0.481 e. The molecule has 0 aliphatic rings. The van der Waals surface area contributed by atoms with Crippen molar-refractivity contribution in [3.05, 3.63) is 35.9 Å². The van der Waals surface area contributed by atoms with Gasteiger partial charge in [0.05, 0.1) is 0 Å². The van der Waals surface area contributed by atoms with E-state index >= 15 is 0 Å². The van der Waals surface area contributed by atoms with E-state index in [2.05, 4.69) is 5.32 Å². The molecule has 0 heterocycles. The summed E-state index contributed by atoms with van der Waals surface area (Å²) in [7, 11) is 1.62. The van der Waals surface area contributed by atoms with Gasteiger partial charge in [-0.1, -0.05) is 32.0 Å². The second-order valence-electron chi connectivity index (χ2n) is 5.82. The number of nitrogens with one attached hydrogen (secondary N) is 1. The summed E-state index contributed by atoms with van der Waals surface area (Å²) >= 11 is 0. The number of nitrogens with zero attached hydrogens (tertiary/aromatic N) is 1. The van der Waals surface area contributed by atoms with E-state index in [9.17, 15) is 14.4 Å². The van der Waals surface area contributed by atoms with Gasteiger partial charge < -0.3 is 15.3 Å². The Morgan fingerprint density at radius 1 is 1.17 bits per heavy atom. The molecule has 0 spiro atoms. The fraction of sp³-hybridized carbons (Fsp3) is 0.471. The van der Waals surface area contributed by atoms with Crippen LogP contribution in [0.15, 0.2) is 30.3 Å². The van der Waals surface area contributed by atoms with Crippen LogP contribution in [0, 0.1) is 5.92 Å². The molecule has 2 amide bonds. The van der Waals surface area contributed by atoms with Gasteiger partial charge >= 0.3 is 5.97 Å². The molecule has 0 saturated carbocycles. The molecule has 6 nitrogen and oxygen atoms in total. The number of rotatable bonds is 8. The molecule has 1 aromatic rings. The molecule has 0 unspecified atom stereocenters. The number of carbonyl (C=O) groups excluding carboxylic acids is 2. The van der Waals surface area contributed by atoms with Crippen LogP contribution in [-0.2, 0) is 9.59 Å². The first-order valence-corrected chi connectivity index (χ1v) is 7.65. The summed E-state index contributed by atoms with van der Waals surface area (Å²) in [6.45, 7) is 4.06. The maximum absolute atomic E-state index is 12.5. The molecule has 6 heteroatoms. The van der Waals surface area contributed by atoms with Gasteiger partial charge in [0, 0.05) is 25.6 Å². The summed E-state index contributed by atoms with van der Waals surface area (Å²) in [5, 5.41) is 11.4. The first-order valence-electron chi connectivity index (χ1n) is 7.65. The van der Waals surface area contributed by atoms with E-state index in [1.54, 1.807) is 31.3 Å². The Kier molecular flexibility index (Phi) is 7.25. The maximum Gasteiger partial charge on any atom is 0.303 e. The first kappa shape index (κ1) is 18.7. The number of aliphatic carboxylic acids is 1. The van der Waals surface area contributed by atoms with E-state index in [4.69, 9.17) is 5.11 Å². The predicted molar refractivity (Wildman–Crippen MR) is 87.0 cm³/mol. The van der Waals surface area contributed by atoms with Gasteiger partial charge in [-0.05, 0) is 24.5 Å². The molecular formula is C17H24N2O4. The van der Waals surface area contributed by atoms with Crippen LogP contribution < -0.4 is 5.32 Å². The van der Waals surface area contributed by atoms with Gasteiger partial charge in [0.15, 0.2) is 0 Å². The molecule has 1 atom stereocenters. The average molecular weight is 320 g/mol. The zero-order valence-electron chi connectivity index (χ0n) is 13.8. The molecule has 0 radical (unpaired) electrons. The summed E-state index contributed by atoms with van der Waals surface area (Å²) < 4.78 is 0. The summed E-state index contributed by atoms with van der Waals surface area (Å²) in [5.41, 5.74) is 0.500. The lowest BCUT2D eigenvalue weighted by Gasteiger charge is -2.27. The molecular weight excluding hydrogens is 296 g/mol. The van der Waals surface area contributed by atoms with Crippen LogP contribution in [-0.4, -0.2) is 47.4 Å². The van der Waals surface area contributed by atoms with Crippen LogP contribution in [0.3, 0.4) is 0 Å². The normalized spacial score (nSPS) is 11.8. The Balaban J connectivity index is 2.68. The molecule has 23 heavy (non-hydrogen) atoms. The van der Waals surface area contributed by atoms with E-state index in [0.717, 1.165) is 0 Å². The Morgan fingerprint density at radius 3 is 2.30 bits per heavy atom. The molecule has 1 aromatic carbocycles. The third-order valence-corrected chi connectivity index (χ3v) is 3.52. The van der Waals surface area contributed by atoms with Crippen molar-refractivity contribution in [2.75, 3.05) is 13.6 Å². The summed E-state index contributed by atoms with van der Waals surface area (Å²) in [6.07, 6.45) is 0.398. The van der Waals surface area contributed by atoms with Crippen LogP contribution in [0.5, 0.6) is 0 Å². The van der Waals surface area contributed by atoms with E-state index in [0.29, 0.717) is 18.5 Å². The highest BCUT2D eigenvalue weighted by atomic mass is 16.4. The Hall–Kier alpha value is -2.37. The lowest BCUT2D eigenvalue weighted by Crippen LogP contribution is -2.50. The van der Waals surface area contributed by atoms with E-state index in [-0.39, 0.29) is 24.2 Å². The van der Waals surface area contributed by atoms with Crippen LogP contribution in [0.1, 0.15) is 37.0 Å². The van der Waals surface area contributed by atoms with Crippen molar-refractivity contribution in [1.29, 1.82) is 0 Å². The van der Waals surface area contributed by atoms with Crippen LogP contribution in [0.4, 0.5) is 0 Å². The molecule has 0 aromatic heterocycles. The monoisotopic (exact) mass is 320 g/mol. The van der Waals surface area contributed by atoms with Crippen molar-refractivity contribution in [2.24, 2.45) is 5.92 Å². The molecule has 0 bridgehead atoms. The number of carboxylic acids is 1. The molecule has 0 aliphatic heterocycles. The smallest absolute Gasteiger partial charge is 0.303 e. The number of hydrogen-bond acceptors (Lipinski definition) is 3. The van der Waals surface area contributed by atoms with Crippen LogP contribution in [0.25, 0.3) is 0 Å². The SMILES string of the molecule is CC(C)[C@H](NC(=O)c1ccccc1)C(=O)N(C)CCCC(=O)O.